The third-order valence-corrected chi connectivity index (χ3v) is 6.86. The number of amides is 1. The maximum atomic E-state index is 12.8. The molecule has 5 rings (SSSR count). The molecular weight excluding hydrogens is 462 g/mol. The Hall–Kier alpha value is -3.57. The Balaban J connectivity index is 1.24. The number of rotatable bonds is 6. The number of hydrogen-bond acceptors (Lipinski definition) is 4. The molecule has 1 fully saturated rings. The van der Waals surface area contributed by atoms with Crippen molar-refractivity contribution in [3.63, 3.8) is 0 Å². The molecular formula is C29H26ClNO4. The normalized spacial score (nSPS) is 14.3. The van der Waals surface area contributed by atoms with Crippen LogP contribution in [0.15, 0.2) is 88.1 Å². The molecule has 0 saturated carbocycles. The Morgan fingerprint density at radius 3 is 2.37 bits per heavy atom. The third kappa shape index (κ3) is 5.41. The van der Waals surface area contributed by atoms with Crippen molar-refractivity contribution in [3.05, 3.63) is 99.9 Å². The van der Waals surface area contributed by atoms with Crippen LogP contribution in [0.25, 0.3) is 22.1 Å². The van der Waals surface area contributed by atoms with E-state index in [-0.39, 0.29) is 12.5 Å². The molecule has 0 unspecified atom stereocenters. The number of nitrogens with zero attached hydrogens (tertiary/aromatic N) is 1. The lowest BCUT2D eigenvalue weighted by Gasteiger charge is -2.32. The van der Waals surface area contributed by atoms with Crippen molar-refractivity contribution in [2.45, 2.75) is 19.3 Å². The number of fused-ring (bicyclic) bond motifs is 1. The Kier molecular flexibility index (Phi) is 6.87. The molecule has 6 heteroatoms. The quantitative estimate of drug-likeness (QED) is 0.314. The van der Waals surface area contributed by atoms with Crippen LogP contribution >= 0.6 is 11.6 Å². The third-order valence-electron chi connectivity index (χ3n) is 6.57. The van der Waals surface area contributed by atoms with Gasteiger partial charge in [0.25, 0.3) is 5.91 Å². The molecule has 1 amide bonds. The summed E-state index contributed by atoms with van der Waals surface area (Å²) in [5, 5.41) is 1.07. The molecule has 1 saturated heterocycles. The molecule has 1 aromatic heterocycles. The second-order valence-corrected chi connectivity index (χ2v) is 9.33. The van der Waals surface area contributed by atoms with Crippen molar-refractivity contribution < 1.29 is 13.9 Å². The first-order valence-corrected chi connectivity index (χ1v) is 12.2. The minimum Gasteiger partial charge on any atom is -0.482 e. The maximum Gasteiger partial charge on any atom is 0.336 e. The van der Waals surface area contributed by atoms with E-state index < -0.39 is 5.63 Å². The summed E-state index contributed by atoms with van der Waals surface area (Å²) < 4.78 is 11.2. The van der Waals surface area contributed by atoms with Crippen molar-refractivity contribution in [3.8, 4) is 16.9 Å². The summed E-state index contributed by atoms with van der Waals surface area (Å²) in [6.07, 6.45) is 3.00. The molecule has 5 nitrogen and oxygen atoms in total. The van der Waals surface area contributed by atoms with Gasteiger partial charge in [-0.15, -0.1) is 0 Å². The number of likely N-dealkylation sites (tertiary alicyclic amines) is 1. The summed E-state index contributed by atoms with van der Waals surface area (Å²) in [7, 11) is 0. The number of benzene rings is 3. The van der Waals surface area contributed by atoms with Gasteiger partial charge in [-0.3, -0.25) is 4.79 Å². The minimum absolute atomic E-state index is 0.0705. The van der Waals surface area contributed by atoms with Gasteiger partial charge in [0.1, 0.15) is 11.3 Å². The predicted octanol–water partition coefficient (Wildman–Crippen LogP) is 5.97. The van der Waals surface area contributed by atoms with Gasteiger partial charge in [-0.25, -0.2) is 4.79 Å². The first-order valence-electron chi connectivity index (χ1n) is 11.8. The first kappa shape index (κ1) is 23.2. The highest BCUT2D eigenvalue weighted by Crippen LogP contribution is 2.35. The largest absolute Gasteiger partial charge is 0.482 e. The molecule has 1 aliphatic heterocycles. The van der Waals surface area contributed by atoms with E-state index >= 15 is 0 Å². The average molecular weight is 488 g/mol. The summed E-state index contributed by atoms with van der Waals surface area (Å²) >= 11 is 6.50. The fourth-order valence-corrected chi connectivity index (χ4v) is 4.91. The highest BCUT2D eigenvalue weighted by atomic mass is 35.5. The molecule has 178 valence electrons. The van der Waals surface area contributed by atoms with Crippen molar-refractivity contribution >= 4 is 28.5 Å². The summed E-state index contributed by atoms with van der Waals surface area (Å²) in [6, 6.07) is 24.8. The van der Waals surface area contributed by atoms with Crippen LogP contribution in [0, 0.1) is 5.92 Å². The van der Waals surface area contributed by atoms with Gasteiger partial charge in [-0.05, 0) is 47.9 Å². The molecule has 0 spiro atoms. The molecule has 3 aromatic carbocycles. The van der Waals surface area contributed by atoms with Crippen LogP contribution < -0.4 is 10.4 Å². The predicted molar refractivity (Wildman–Crippen MR) is 138 cm³/mol. The number of carbonyl (C=O) groups excluding carboxylic acids is 1. The number of halogens is 1. The summed E-state index contributed by atoms with van der Waals surface area (Å²) in [6.45, 7) is 1.33. The second-order valence-electron chi connectivity index (χ2n) is 8.93. The van der Waals surface area contributed by atoms with Crippen LogP contribution in [-0.4, -0.2) is 30.5 Å². The van der Waals surface area contributed by atoms with Gasteiger partial charge in [0, 0.05) is 30.6 Å². The summed E-state index contributed by atoms with van der Waals surface area (Å²) in [4.78, 5) is 26.8. The molecule has 1 aliphatic rings. The Morgan fingerprint density at radius 1 is 0.971 bits per heavy atom. The molecule has 0 atom stereocenters. The van der Waals surface area contributed by atoms with Gasteiger partial charge >= 0.3 is 5.63 Å². The van der Waals surface area contributed by atoms with Crippen LogP contribution in [0.5, 0.6) is 5.75 Å². The first-order chi connectivity index (χ1) is 17.1. The monoisotopic (exact) mass is 487 g/mol. The highest BCUT2D eigenvalue weighted by Gasteiger charge is 2.23. The molecule has 0 bridgehead atoms. The van der Waals surface area contributed by atoms with Crippen molar-refractivity contribution in [1.29, 1.82) is 0 Å². The van der Waals surface area contributed by atoms with E-state index in [9.17, 15) is 9.59 Å². The van der Waals surface area contributed by atoms with Crippen molar-refractivity contribution in [2.75, 3.05) is 19.7 Å². The van der Waals surface area contributed by atoms with Gasteiger partial charge in [-0.1, -0.05) is 72.3 Å². The van der Waals surface area contributed by atoms with Crippen molar-refractivity contribution in [2.24, 2.45) is 5.92 Å². The van der Waals surface area contributed by atoms with E-state index in [4.69, 9.17) is 20.8 Å². The van der Waals surface area contributed by atoms with Gasteiger partial charge in [0.05, 0.1) is 5.02 Å². The van der Waals surface area contributed by atoms with E-state index in [0.29, 0.717) is 27.7 Å². The van der Waals surface area contributed by atoms with Crippen LogP contribution in [-0.2, 0) is 11.2 Å². The Morgan fingerprint density at radius 2 is 1.66 bits per heavy atom. The molecule has 0 aliphatic carbocycles. The number of carbonyl (C=O) groups is 1. The number of ether oxygens (including phenoxy) is 1. The van der Waals surface area contributed by atoms with Crippen LogP contribution in [0.3, 0.4) is 0 Å². The fourth-order valence-electron chi connectivity index (χ4n) is 4.69. The average Bonchev–Trinajstić information content (AvgIpc) is 2.89. The van der Waals surface area contributed by atoms with Crippen molar-refractivity contribution in [1.82, 2.24) is 4.90 Å². The van der Waals surface area contributed by atoms with E-state index in [2.05, 4.69) is 24.3 Å². The van der Waals surface area contributed by atoms with Gasteiger partial charge in [0.2, 0.25) is 0 Å². The van der Waals surface area contributed by atoms with Gasteiger partial charge in [-0.2, -0.15) is 0 Å². The lowest BCUT2D eigenvalue weighted by atomic mass is 9.90. The topological polar surface area (TPSA) is 59.8 Å². The molecule has 2 heterocycles. The van der Waals surface area contributed by atoms with Gasteiger partial charge in [0.15, 0.2) is 6.61 Å². The van der Waals surface area contributed by atoms with E-state index in [1.165, 1.54) is 11.6 Å². The van der Waals surface area contributed by atoms with Crippen LogP contribution in [0.2, 0.25) is 5.02 Å². The highest BCUT2D eigenvalue weighted by molar-refractivity contribution is 6.33. The lowest BCUT2D eigenvalue weighted by molar-refractivity contribution is -0.134. The molecule has 0 N–H and O–H groups in total. The molecule has 0 radical (unpaired) electrons. The number of hydrogen-bond donors (Lipinski definition) is 0. The number of piperidine rings is 1. The van der Waals surface area contributed by atoms with Crippen LogP contribution in [0.4, 0.5) is 0 Å². The zero-order valence-electron chi connectivity index (χ0n) is 19.3. The minimum atomic E-state index is -0.459. The second kappa shape index (κ2) is 10.4. The standard InChI is InChI=1S/C29H26ClNO4/c30-25-16-24-23(22-9-5-2-6-10-22)17-29(33)35-26(24)18-27(25)34-19-28(32)31-13-11-21(12-14-31)15-20-7-3-1-4-8-20/h1-10,16-18,21H,11-15,19H2. The van der Waals surface area contributed by atoms with E-state index in [1.54, 1.807) is 12.1 Å². The zero-order chi connectivity index (χ0) is 24.2. The maximum absolute atomic E-state index is 12.8. The smallest absolute Gasteiger partial charge is 0.336 e. The summed E-state index contributed by atoms with van der Waals surface area (Å²) in [5.74, 6) is 0.831. The molecule has 35 heavy (non-hydrogen) atoms. The van der Waals surface area contributed by atoms with Gasteiger partial charge < -0.3 is 14.1 Å². The lowest BCUT2D eigenvalue weighted by Crippen LogP contribution is -2.41. The fraction of sp³-hybridized carbons (Fsp3) is 0.241. The Bertz CT molecular complexity index is 1380. The zero-order valence-corrected chi connectivity index (χ0v) is 20.0. The van der Waals surface area contributed by atoms with Crippen LogP contribution in [0.1, 0.15) is 18.4 Å². The molecule has 4 aromatic rings. The SMILES string of the molecule is O=C(COc1cc2oc(=O)cc(-c3ccccc3)c2cc1Cl)N1CCC(Cc2ccccc2)CC1. The Labute approximate surface area is 208 Å². The van der Waals surface area contributed by atoms with E-state index in [1.807, 2.05) is 41.3 Å². The summed E-state index contributed by atoms with van der Waals surface area (Å²) in [5.41, 5.74) is 2.87. The van der Waals surface area contributed by atoms with E-state index in [0.717, 1.165) is 43.5 Å².